The number of benzene rings is 2. The second-order valence-electron chi connectivity index (χ2n) is 5.01. The van der Waals surface area contributed by atoms with Crippen molar-refractivity contribution in [2.75, 3.05) is 20.3 Å². The van der Waals surface area contributed by atoms with Crippen LogP contribution in [0, 0.1) is 11.3 Å². The van der Waals surface area contributed by atoms with Crippen LogP contribution in [0.3, 0.4) is 0 Å². The van der Waals surface area contributed by atoms with Crippen LogP contribution in [0.2, 0.25) is 0 Å². The molecule has 0 atom stereocenters. The van der Waals surface area contributed by atoms with Gasteiger partial charge in [0.2, 0.25) is 0 Å². The van der Waals surface area contributed by atoms with Crippen LogP contribution in [0.25, 0.3) is 22.0 Å². The zero-order chi connectivity index (χ0) is 20.2. The fraction of sp³-hybridized carbons (Fsp3) is 0.238. The minimum Gasteiger partial charge on any atom is -0.491 e. The van der Waals surface area contributed by atoms with E-state index < -0.39 is 0 Å². The number of aldehydes is 1. The normalized spacial score (nSPS) is 9.33. The summed E-state index contributed by atoms with van der Waals surface area (Å²) in [6.07, 6.45) is 2.43. The predicted octanol–water partition coefficient (Wildman–Crippen LogP) is 3.52. The third-order valence-electron chi connectivity index (χ3n) is 3.62. The van der Waals surface area contributed by atoms with Crippen molar-refractivity contribution >= 4 is 17.2 Å². The lowest BCUT2D eigenvalue weighted by molar-refractivity contribution is 0.112. The summed E-state index contributed by atoms with van der Waals surface area (Å²) in [5.74, 6) is 0.651. The summed E-state index contributed by atoms with van der Waals surface area (Å²) in [7, 11) is 1.00. The number of carbonyl (C=O) groups is 1. The van der Waals surface area contributed by atoms with E-state index in [0.717, 1.165) is 35.4 Å². The van der Waals surface area contributed by atoms with Gasteiger partial charge in [0.05, 0.1) is 18.2 Å². The number of H-pyrrole nitrogens is 1. The lowest BCUT2D eigenvalue weighted by Crippen LogP contribution is -2.01. The molecule has 27 heavy (non-hydrogen) atoms. The Hall–Kier alpha value is -3.14. The fourth-order valence-corrected chi connectivity index (χ4v) is 2.51. The number of aliphatic hydroxyl groups excluding tert-OH is 2. The summed E-state index contributed by atoms with van der Waals surface area (Å²) >= 11 is 0. The monoisotopic (exact) mass is 368 g/mol. The van der Waals surface area contributed by atoms with Gasteiger partial charge in [-0.3, -0.25) is 4.79 Å². The van der Waals surface area contributed by atoms with Crippen LogP contribution in [0.5, 0.6) is 5.75 Å². The van der Waals surface area contributed by atoms with Gasteiger partial charge in [-0.05, 0) is 29.8 Å². The summed E-state index contributed by atoms with van der Waals surface area (Å²) in [4.78, 5) is 14.1. The third kappa shape index (κ3) is 5.17. The molecular formula is C21H24N2O4. The minimum atomic E-state index is -0.0427. The number of nitriles is 1. The van der Waals surface area contributed by atoms with Crippen molar-refractivity contribution in [3.63, 3.8) is 0 Å². The van der Waals surface area contributed by atoms with Gasteiger partial charge in [-0.25, -0.2) is 0 Å². The van der Waals surface area contributed by atoms with Crippen LogP contribution >= 0.6 is 0 Å². The summed E-state index contributed by atoms with van der Waals surface area (Å²) in [6.45, 7) is 4.19. The number of hydrogen-bond acceptors (Lipinski definition) is 5. The minimum absolute atomic E-state index is 0.0427. The van der Waals surface area contributed by atoms with E-state index in [1.807, 2.05) is 32.0 Å². The molecule has 0 radical (unpaired) electrons. The molecule has 0 aliphatic carbocycles. The number of aromatic nitrogens is 1. The average molecular weight is 368 g/mol. The van der Waals surface area contributed by atoms with Gasteiger partial charge in [-0.1, -0.05) is 26.0 Å². The number of fused-ring (bicyclic) bond motifs is 1. The number of aliphatic hydroxyl groups is 2. The molecule has 0 aliphatic heterocycles. The van der Waals surface area contributed by atoms with Crippen molar-refractivity contribution in [1.29, 1.82) is 5.26 Å². The molecule has 0 amide bonds. The molecule has 6 heteroatoms. The van der Waals surface area contributed by atoms with E-state index in [1.165, 1.54) is 0 Å². The molecule has 1 heterocycles. The van der Waals surface area contributed by atoms with Crippen LogP contribution in [-0.2, 0) is 0 Å². The third-order valence-corrected chi connectivity index (χ3v) is 3.62. The predicted molar refractivity (Wildman–Crippen MR) is 106 cm³/mol. The van der Waals surface area contributed by atoms with E-state index >= 15 is 0 Å². The maximum absolute atomic E-state index is 11.1. The average Bonchev–Trinajstić information content (AvgIpc) is 3.16. The first-order valence-corrected chi connectivity index (χ1v) is 8.56. The lowest BCUT2D eigenvalue weighted by Gasteiger charge is -2.08. The second kappa shape index (κ2) is 11.5. The maximum atomic E-state index is 11.1. The van der Waals surface area contributed by atoms with Crippen LogP contribution in [-0.4, -0.2) is 41.8 Å². The van der Waals surface area contributed by atoms with Crippen molar-refractivity contribution < 1.29 is 19.7 Å². The fourth-order valence-electron chi connectivity index (χ4n) is 2.51. The number of aromatic amines is 1. The molecule has 0 aliphatic rings. The molecule has 0 fully saturated rings. The van der Waals surface area contributed by atoms with Crippen molar-refractivity contribution in [2.45, 2.75) is 13.8 Å². The number of ether oxygens (including phenoxy) is 1. The van der Waals surface area contributed by atoms with Crippen molar-refractivity contribution in [1.82, 2.24) is 4.98 Å². The summed E-state index contributed by atoms with van der Waals surface area (Å²) in [5, 5.41) is 25.9. The highest BCUT2D eigenvalue weighted by Crippen LogP contribution is 2.30. The number of carbonyl (C=O) groups excluding carboxylic acids is 1. The van der Waals surface area contributed by atoms with Gasteiger partial charge in [0.15, 0.2) is 6.29 Å². The van der Waals surface area contributed by atoms with Gasteiger partial charge in [0, 0.05) is 35.3 Å². The van der Waals surface area contributed by atoms with Gasteiger partial charge < -0.3 is 19.9 Å². The van der Waals surface area contributed by atoms with Crippen molar-refractivity contribution in [3.05, 3.63) is 53.7 Å². The number of nitrogens with zero attached hydrogens (tertiary/aromatic N) is 1. The van der Waals surface area contributed by atoms with Gasteiger partial charge in [0.25, 0.3) is 0 Å². The lowest BCUT2D eigenvalue weighted by atomic mass is 9.97. The molecule has 0 spiro atoms. The Labute approximate surface area is 158 Å². The van der Waals surface area contributed by atoms with Crippen LogP contribution < -0.4 is 4.74 Å². The standard InChI is InChI=1S/C18H14N2O3.C2H6.CH4O/c19-9-13-7-18-17(14(11-22)10-20-18)8-16(13)12-1-3-15(4-2-12)23-6-5-21;2*1-2/h1-4,7-8,10-11,20-21H,5-6H2;1-2H3;2H,1H3. The highest BCUT2D eigenvalue weighted by molar-refractivity contribution is 6.00. The molecular weight excluding hydrogens is 344 g/mol. The van der Waals surface area contributed by atoms with Crippen molar-refractivity contribution in [3.8, 4) is 22.9 Å². The topological polar surface area (TPSA) is 106 Å². The van der Waals surface area contributed by atoms with Gasteiger partial charge >= 0.3 is 0 Å². The Morgan fingerprint density at radius 2 is 1.85 bits per heavy atom. The quantitative estimate of drug-likeness (QED) is 0.597. The number of nitrogens with one attached hydrogen (secondary N) is 1. The molecule has 0 saturated carbocycles. The van der Waals surface area contributed by atoms with Crippen LogP contribution in [0.15, 0.2) is 42.6 Å². The van der Waals surface area contributed by atoms with Gasteiger partial charge in [0.1, 0.15) is 12.4 Å². The number of hydrogen-bond donors (Lipinski definition) is 3. The van der Waals surface area contributed by atoms with Crippen LogP contribution in [0.4, 0.5) is 0 Å². The molecule has 3 aromatic rings. The summed E-state index contributed by atoms with van der Waals surface area (Å²) < 4.78 is 5.33. The van der Waals surface area contributed by atoms with E-state index in [0.29, 0.717) is 16.9 Å². The number of rotatable bonds is 5. The zero-order valence-electron chi connectivity index (χ0n) is 15.7. The first-order chi connectivity index (χ1) is 13.3. The Balaban J connectivity index is 0.000000855. The molecule has 6 nitrogen and oxygen atoms in total. The highest BCUT2D eigenvalue weighted by atomic mass is 16.5. The highest BCUT2D eigenvalue weighted by Gasteiger charge is 2.11. The van der Waals surface area contributed by atoms with E-state index in [-0.39, 0.29) is 13.2 Å². The largest absolute Gasteiger partial charge is 0.491 e. The smallest absolute Gasteiger partial charge is 0.152 e. The Bertz CT molecular complexity index is 893. The van der Waals surface area contributed by atoms with E-state index in [1.54, 1.807) is 24.4 Å². The molecule has 0 saturated heterocycles. The molecule has 1 aromatic heterocycles. The Kier molecular flexibility index (Phi) is 9.30. The SMILES string of the molecule is CC.CO.N#Cc1cc2[nH]cc(C=O)c2cc1-c1ccc(OCCO)cc1. The molecule has 2 aromatic carbocycles. The van der Waals surface area contributed by atoms with E-state index in [9.17, 15) is 10.1 Å². The Morgan fingerprint density at radius 3 is 2.41 bits per heavy atom. The van der Waals surface area contributed by atoms with E-state index in [4.69, 9.17) is 14.9 Å². The molecule has 3 N–H and O–H groups in total. The molecule has 142 valence electrons. The van der Waals surface area contributed by atoms with Gasteiger partial charge in [-0.2, -0.15) is 5.26 Å². The molecule has 0 bridgehead atoms. The van der Waals surface area contributed by atoms with Gasteiger partial charge in [-0.15, -0.1) is 0 Å². The summed E-state index contributed by atoms with van der Waals surface area (Å²) in [5.41, 5.74) is 3.47. The molecule has 3 rings (SSSR count). The maximum Gasteiger partial charge on any atom is 0.152 e. The summed E-state index contributed by atoms with van der Waals surface area (Å²) in [6, 6.07) is 13.0. The first-order valence-electron chi connectivity index (χ1n) is 8.56. The second-order valence-corrected chi connectivity index (χ2v) is 5.01. The van der Waals surface area contributed by atoms with Crippen LogP contribution in [0.1, 0.15) is 29.8 Å². The first kappa shape index (κ1) is 21.9. The zero-order valence-corrected chi connectivity index (χ0v) is 15.7. The Morgan fingerprint density at radius 1 is 1.19 bits per heavy atom. The van der Waals surface area contributed by atoms with E-state index in [2.05, 4.69) is 11.1 Å². The molecule has 0 unspecified atom stereocenters. The van der Waals surface area contributed by atoms with Crippen molar-refractivity contribution in [2.24, 2.45) is 0 Å².